The zero-order chi connectivity index (χ0) is 16.1. The summed E-state index contributed by atoms with van der Waals surface area (Å²) in [7, 11) is 0. The fraction of sp³-hybridized carbons (Fsp3) is 0.500. The molecule has 0 unspecified atom stereocenters. The number of benzene rings is 1. The quantitative estimate of drug-likeness (QED) is 0.855. The zero-order valence-electron chi connectivity index (χ0n) is 12.9. The molecule has 120 valence electrons. The Bertz CT molecular complexity index is 531. The van der Waals surface area contributed by atoms with E-state index < -0.39 is 0 Å². The van der Waals surface area contributed by atoms with E-state index in [0.29, 0.717) is 13.1 Å². The SMILES string of the molecule is CC(C)[C@H](NCC(=O)N1CCNC(=O)C1)c1ccc(F)cc1. The number of nitrogens with one attached hydrogen (secondary N) is 2. The fourth-order valence-electron chi connectivity index (χ4n) is 2.57. The second-order valence-corrected chi connectivity index (χ2v) is 5.82. The first kappa shape index (κ1) is 16.4. The number of piperazine rings is 1. The van der Waals surface area contributed by atoms with Gasteiger partial charge in [-0.15, -0.1) is 0 Å². The van der Waals surface area contributed by atoms with Crippen LogP contribution in [0.3, 0.4) is 0 Å². The summed E-state index contributed by atoms with van der Waals surface area (Å²) in [5.41, 5.74) is 0.945. The van der Waals surface area contributed by atoms with Crippen molar-refractivity contribution in [2.24, 2.45) is 5.92 Å². The molecule has 0 radical (unpaired) electrons. The molecule has 1 aromatic rings. The lowest BCUT2D eigenvalue weighted by Crippen LogP contribution is -2.52. The van der Waals surface area contributed by atoms with Gasteiger partial charge in [0.1, 0.15) is 5.82 Å². The Hall–Kier alpha value is -1.95. The molecule has 0 bridgehead atoms. The highest BCUT2D eigenvalue weighted by molar-refractivity contribution is 5.86. The van der Waals surface area contributed by atoms with Gasteiger partial charge in [-0.05, 0) is 23.6 Å². The molecule has 0 aromatic heterocycles. The third kappa shape index (κ3) is 4.27. The zero-order valence-corrected chi connectivity index (χ0v) is 12.9. The molecule has 1 atom stereocenters. The normalized spacial score (nSPS) is 16.5. The van der Waals surface area contributed by atoms with Crippen LogP contribution in [-0.2, 0) is 9.59 Å². The van der Waals surface area contributed by atoms with Crippen LogP contribution in [-0.4, -0.2) is 42.9 Å². The van der Waals surface area contributed by atoms with Crippen LogP contribution < -0.4 is 10.6 Å². The Labute approximate surface area is 129 Å². The second kappa shape index (κ2) is 7.35. The van der Waals surface area contributed by atoms with Gasteiger partial charge >= 0.3 is 0 Å². The monoisotopic (exact) mass is 307 g/mol. The first-order chi connectivity index (χ1) is 10.5. The maximum Gasteiger partial charge on any atom is 0.239 e. The van der Waals surface area contributed by atoms with Gasteiger partial charge < -0.3 is 15.5 Å². The maximum atomic E-state index is 13.0. The summed E-state index contributed by atoms with van der Waals surface area (Å²) in [5.74, 6) is -0.245. The molecule has 1 aliphatic heterocycles. The van der Waals surface area contributed by atoms with Crippen molar-refractivity contribution in [3.63, 3.8) is 0 Å². The highest BCUT2D eigenvalue weighted by atomic mass is 19.1. The summed E-state index contributed by atoms with van der Waals surface area (Å²) in [6.07, 6.45) is 0. The average Bonchev–Trinajstić information content (AvgIpc) is 2.48. The van der Waals surface area contributed by atoms with Crippen LogP contribution in [0.15, 0.2) is 24.3 Å². The average molecular weight is 307 g/mol. The molecule has 6 heteroatoms. The van der Waals surface area contributed by atoms with Crippen molar-refractivity contribution in [2.75, 3.05) is 26.2 Å². The van der Waals surface area contributed by atoms with Gasteiger partial charge in [-0.2, -0.15) is 0 Å². The molecule has 22 heavy (non-hydrogen) atoms. The molecule has 0 spiro atoms. The summed E-state index contributed by atoms with van der Waals surface area (Å²) >= 11 is 0. The van der Waals surface area contributed by atoms with Gasteiger partial charge in [-0.1, -0.05) is 26.0 Å². The smallest absolute Gasteiger partial charge is 0.239 e. The summed E-state index contributed by atoms with van der Waals surface area (Å²) in [6.45, 7) is 5.39. The van der Waals surface area contributed by atoms with Crippen LogP contribution in [0.1, 0.15) is 25.5 Å². The molecule has 0 aliphatic carbocycles. The minimum absolute atomic E-state index is 0.0387. The van der Waals surface area contributed by atoms with Crippen LogP contribution in [0.4, 0.5) is 4.39 Å². The minimum Gasteiger partial charge on any atom is -0.353 e. The van der Waals surface area contributed by atoms with Crippen LogP contribution in [0, 0.1) is 11.7 Å². The molecule has 2 rings (SSSR count). The molecule has 5 nitrogen and oxygen atoms in total. The van der Waals surface area contributed by atoms with E-state index in [-0.39, 0.29) is 42.7 Å². The van der Waals surface area contributed by atoms with E-state index in [1.165, 1.54) is 12.1 Å². The van der Waals surface area contributed by atoms with Gasteiger partial charge in [0.05, 0.1) is 13.1 Å². The Morgan fingerprint density at radius 3 is 2.64 bits per heavy atom. The molecule has 1 aliphatic rings. The van der Waals surface area contributed by atoms with Crippen LogP contribution in [0.2, 0.25) is 0 Å². The number of carbonyl (C=O) groups excluding carboxylic acids is 2. The van der Waals surface area contributed by atoms with Crippen molar-refractivity contribution in [2.45, 2.75) is 19.9 Å². The summed E-state index contributed by atoms with van der Waals surface area (Å²) in [4.78, 5) is 25.0. The number of carbonyl (C=O) groups is 2. The van der Waals surface area contributed by atoms with Gasteiger partial charge in [0.15, 0.2) is 0 Å². The van der Waals surface area contributed by atoms with Crippen molar-refractivity contribution < 1.29 is 14.0 Å². The second-order valence-electron chi connectivity index (χ2n) is 5.82. The third-order valence-electron chi connectivity index (χ3n) is 3.76. The van der Waals surface area contributed by atoms with E-state index in [1.54, 1.807) is 17.0 Å². The van der Waals surface area contributed by atoms with Crippen molar-refractivity contribution in [1.82, 2.24) is 15.5 Å². The highest BCUT2D eigenvalue weighted by Crippen LogP contribution is 2.21. The van der Waals surface area contributed by atoms with E-state index in [0.717, 1.165) is 5.56 Å². The van der Waals surface area contributed by atoms with E-state index in [4.69, 9.17) is 0 Å². The van der Waals surface area contributed by atoms with Gasteiger partial charge in [0.2, 0.25) is 11.8 Å². The molecule has 1 fully saturated rings. The van der Waals surface area contributed by atoms with Gasteiger partial charge in [-0.25, -0.2) is 4.39 Å². The number of halogens is 1. The standard InChI is InChI=1S/C16H22FN3O2/c1-11(2)16(12-3-5-13(17)6-4-12)19-9-15(22)20-8-7-18-14(21)10-20/h3-6,11,16,19H,7-10H2,1-2H3,(H,18,21)/t16-/m0/s1. The predicted octanol–water partition coefficient (Wildman–Crippen LogP) is 1.07. The predicted molar refractivity (Wildman–Crippen MR) is 81.6 cm³/mol. The molecule has 2 amide bonds. The topological polar surface area (TPSA) is 61.4 Å². The van der Waals surface area contributed by atoms with Gasteiger partial charge in [-0.3, -0.25) is 9.59 Å². The van der Waals surface area contributed by atoms with Crippen LogP contribution in [0.5, 0.6) is 0 Å². The highest BCUT2D eigenvalue weighted by Gasteiger charge is 2.23. The Morgan fingerprint density at radius 1 is 1.36 bits per heavy atom. The summed E-state index contributed by atoms with van der Waals surface area (Å²) in [6, 6.07) is 6.26. The number of hydrogen-bond acceptors (Lipinski definition) is 3. The molecule has 0 saturated carbocycles. The Kier molecular flexibility index (Phi) is 5.49. The molecule has 1 saturated heterocycles. The van der Waals surface area contributed by atoms with Gasteiger partial charge in [0.25, 0.3) is 0 Å². The fourth-order valence-corrected chi connectivity index (χ4v) is 2.57. The van der Waals surface area contributed by atoms with Gasteiger partial charge in [0, 0.05) is 19.1 Å². The lowest BCUT2D eigenvalue weighted by Gasteiger charge is -2.28. The van der Waals surface area contributed by atoms with E-state index in [9.17, 15) is 14.0 Å². The third-order valence-corrected chi connectivity index (χ3v) is 3.76. The van der Waals surface area contributed by atoms with E-state index in [1.807, 2.05) is 13.8 Å². The van der Waals surface area contributed by atoms with Crippen molar-refractivity contribution in [3.05, 3.63) is 35.6 Å². The van der Waals surface area contributed by atoms with Crippen molar-refractivity contribution >= 4 is 11.8 Å². The Balaban J connectivity index is 1.95. The van der Waals surface area contributed by atoms with Crippen molar-refractivity contribution in [1.29, 1.82) is 0 Å². The number of nitrogens with zero attached hydrogens (tertiary/aromatic N) is 1. The molecular formula is C16H22FN3O2. The van der Waals surface area contributed by atoms with Crippen LogP contribution in [0.25, 0.3) is 0 Å². The maximum absolute atomic E-state index is 13.0. The number of hydrogen-bond donors (Lipinski definition) is 2. The molecule has 1 aromatic carbocycles. The largest absolute Gasteiger partial charge is 0.353 e. The lowest BCUT2D eigenvalue weighted by atomic mass is 9.96. The first-order valence-corrected chi connectivity index (χ1v) is 7.50. The number of rotatable bonds is 5. The molecule has 1 heterocycles. The summed E-state index contributed by atoms with van der Waals surface area (Å²) < 4.78 is 13.0. The minimum atomic E-state index is -0.276. The molecular weight excluding hydrogens is 285 g/mol. The van der Waals surface area contributed by atoms with Crippen LogP contribution >= 0.6 is 0 Å². The first-order valence-electron chi connectivity index (χ1n) is 7.50. The van der Waals surface area contributed by atoms with E-state index >= 15 is 0 Å². The Morgan fingerprint density at radius 2 is 2.05 bits per heavy atom. The number of amides is 2. The summed E-state index contributed by atoms with van der Waals surface area (Å²) in [5, 5.41) is 5.91. The van der Waals surface area contributed by atoms with E-state index in [2.05, 4.69) is 10.6 Å². The molecule has 2 N–H and O–H groups in total. The van der Waals surface area contributed by atoms with Crippen molar-refractivity contribution in [3.8, 4) is 0 Å². The lowest BCUT2D eigenvalue weighted by molar-refractivity contribution is -0.137.